The lowest BCUT2D eigenvalue weighted by Gasteiger charge is -1.83. The SMILES string of the molecule is CC.N/C=C/C=C(Br)\C=C\CN. The highest BCUT2D eigenvalue weighted by molar-refractivity contribution is 9.11. The van der Waals surface area contributed by atoms with E-state index in [1.165, 1.54) is 6.20 Å². The highest BCUT2D eigenvalue weighted by Crippen LogP contribution is 2.05. The molecule has 0 aliphatic rings. The van der Waals surface area contributed by atoms with Crippen LogP contribution in [0.2, 0.25) is 0 Å². The highest BCUT2D eigenvalue weighted by atomic mass is 79.9. The van der Waals surface area contributed by atoms with Gasteiger partial charge >= 0.3 is 0 Å². The molecule has 0 unspecified atom stereocenters. The zero-order valence-electron chi connectivity index (χ0n) is 7.63. The summed E-state index contributed by atoms with van der Waals surface area (Å²) in [6.45, 7) is 4.55. The maximum Gasteiger partial charge on any atom is 0.0173 e. The van der Waals surface area contributed by atoms with Crippen molar-refractivity contribution >= 4 is 15.9 Å². The topological polar surface area (TPSA) is 52.0 Å². The molecular weight excluding hydrogens is 216 g/mol. The molecule has 0 saturated heterocycles. The van der Waals surface area contributed by atoms with Crippen molar-refractivity contribution in [2.75, 3.05) is 6.54 Å². The Kier molecular flexibility index (Phi) is 15.3. The van der Waals surface area contributed by atoms with Crippen molar-refractivity contribution in [1.29, 1.82) is 0 Å². The van der Waals surface area contributed by atoms with E-state index in [4.69, 9.17) is 11.5 Å². The zero-order valence-corrected chi connectivity index (χ0v) is 9.21. The highest BCUT2D eigenvalue weighted by Gasteiger charge is 1.77. The van der Waals surface area contributed by atoms with E-state index in [0.29, 0.717) is 6.54 Å². The summed E-state index contributed by atoms with van der Waals surface area (Å²) in [6, 6.07) is 0. The Bertz CT molecular complexity index is 160. The van der Waals surface area contributed by atoms with Crippen LogP contribution < -0.4 is 11.5 Å². The van der Waals surface area contributed by atoms with Crippen molar-refractivity contribution in [3.63, 3.8) is 0 Å². The molecule has 0 bridgehead atoms. The predicted molar refractivity (Wildman–Crippen MR) is 59.9 cm³/mol. The Morgan fingerprint density at radius 1 is 1.42 bits per heavy atom. The second-order valence-electron chi connectivity index (χ2n) is 1.57. The Morgan fingerprint density at radius 2 is 2.00 bits per heavy atom. The summed E-state index contributed by atoms with van der Waals surface area (Å²) in [5, 5.41) is 0. The fourth-order valence-electron chi connectivity index (χ4n) is 0.384. The number of hydrogen-bond acceptors (Lipinski definition) is 2. The first-order valence-corrected chi connectivity index (χ1v) is 4.71. The quantitative estimate of drug-likeness (QED) is 0.734. The van der Waals surface area contributed by atoms with Gasteiger partial charge in [0.1, 0.15) is 0 Å². The van der Waals surface area contributed by atoms with Gasteiger partial charge in [0.05, 0.1) is 0 Å². The van der Waals surface area contributed by atoms with E-state index in [-0.39, 0.29) is 0 Å². The van der Waals surface area contributed by atoms with Gasteiger partial charge in [-0.15, -0.1) is 0 Å². The molecule has 12 heavy (non-hydrogen) atoms. The van der Waals surface area contributed by atoms with Crippen LogP contribution in [0.25, 0.3) is 0 Å². The lowest BCUT2D eigenvalue weighted by molar-refractivity contribution is 1.25. The third kappa shape index (κ3) is 12.2. The maximum absolute atomic E-state index is 5.23. The van der Waals surface area contributed by atoms with Crippen LogP contribution in [0.4, 0.5) is 0 Å². The van der Waals surface area contributed by atoms with Crippen LogP contribution in [-0.4, -0.2) is 6.54 Å². The van der Waals surface area contributed by atoms with Gasteiger partial charge in [-0.25, -0.2) is 0 Å². The molecule has 0 aromatic carbocycles. The van der Waals surface area contributed by atoms with E-state index in [9.17, 15) is 0 Å². The Morgan fingerprint density at radius 3 is 2.42 bits per heavy atom. The van der Waals surface area contributed by atoms with E-state index >= 15 is 0 Å². The van der Waals surface area contributed by atoms with Gasteiger partial charge in [0.15, 0.2) is 0 Å². The summed E-state index contributed by atoms with van der Waals surface area (Å²) in [4.78, 5) is 0. The molecule has 0 fully saturated rings. The van der Waals surface area contributed by atoms with E-state index in [0.717, 1.165) is 4.48 Å². The number of hydrogen-bond donors (Lipinski definition) is 2. The molecule has 2 nitrogen and oxygen atoms in total. The molecule has 0 radical (unpaired) electrons. The minimum absolute atomic E-state index is 0.551. The number of rotatable bonds is 3. The van der Waals surface area contributed by atoms with E-state index in [1.54, 1.807) is 6.08 Å². The molecule has 0 saturated carbocycles. The standard InChI is InChI=1S/C7H11BrN2.C2H6/c8-7(3-1-5-9)4-2-6-10;1-2/h1-5H,6,9-10H2;1-2H3/b4-2+,5-1+,7-3+;. The maximum atomic E-state index is 5.23. The predicted octanol–water partition coefficient (Wildman–Crippen LogP) is 2.28. The van der Waals surface area contributed by atoms with Gasteiger partial charge < -0.3 is 11.5 Å². The van der Waals surface area contributed by atoms with Gasteiger partial charge in [0, 0.05) is 11.0 Å². The van der Waals surface area contributed by atoms with Gasteiger partial charge in [-0.3, -0.25) is 0 Å². The average Bonchev–Trinajstić information content (AvgIpc) is 2.14. The first-order valence-electron chi connectivity index (χ1n) is 3.92. The fourth-order valence-corrected chi connectivity index (χ4v) is 0.723. The smallest absolute Gasteiger partial charge is 0.0173 e. The van der Waals surface area contributed by atoms with Gasteiger partial charge in [-0.2, -0.15) is 0 Å². The van der Waals surface area contributed by atoms with Crippen LogP contribution in [0.3, 0.4) is 0 Å². The number of nitrogens with two attached hydrogens (primary N) is 2. The van der Waals surface area contributed by atoms with Gasteiger partial charge in [0.25, 0.3) is 0 Å². The van der Waals surface area contributed by atoms with Crippen molar-refractivity contribution in [3.05, 3.63) is 35.0 Å². The first kappa shape index (κ1) is 14.0. The molecule has 0 heterocycles. The summed E-state index contributed by atoms with van der Waals surface area (Å²) in [5.41, 5.74) is 10.3. The van der Waals surface area contributed by atoms with Crippen LogP contribution in [0.5, 0.6) is 0 Å². The van der Waals surface area contributed by atoms with Crippen LogP contribution in [0.15, 0.2) is 35.0 Å². The second-order valence-corrected chi connectivity index (χ2v) is 2.49. The molecular formula is C9H17BrN2. The summed E-state index contributed by atoms with van der Waals surface area (Å²) >= 11 is 3.29. The van der Waals surface area contributed by atoms with Gasteiger partial charge in [0.2, 0.25) is 0 Å². The molecule has 0 atom stereocenters. The van der Waals surface area contributed by atoms with Crippen LogP contribution in [-0.2, 0) is 0 Å². The zero-order chi connectivity index (χ0) is 9.82. The van der Waals surface area contributed by atoms with Crippen LogP contribution >= 0.6 is 15.9 Å². The third-order valence-corrected chi connectivity index (χ3v) is 1.31. The summed E-state index contributed by atoms with van der Waals surface area (Å²) < 4.78 is 0.958. The summed E-state index contributed by atoms with van der Waals surface area (Å²) in [7, 11) is 0. The molecule has 0 aromatic rings. The molecule has 3 heteroatoms. The first-order chi connectivity index (χ1) is 5.81. The van der Waals surface area contributed by atoms with E-state index < -0.39 is 0 Å². The number of allylic oxidation sites excluding steroid dienone is 4. The van der Waals surface area contributed by atoms with Crippen molar-refractivity contribution in [1.82, 2.24) is 0 Å². The Balaban J connectivity index is 0. The summed E-state index contributed by atoms with van der Waals surface area (Å²) in [5.74, 6) is 0. The van der Waals surface area contributed by atoms with Crippen LogP contribution in [0.1, 0.15) is 13.8 Å². The molecule has 0 spiro atoms. The minimum atomic E-state index is 0.551. The molecule has 0 aromatic heterocycles. The van der Waals surface area contributed by atoms with Crippen molar-refractivity contribution in [2.45, 2.75) is 13.8 Å². The van der Waals surface area contributed by atoms with Crippen molar-refractivity contribution < 1.29 is 0 Å². The van der Waals surface area contributed by atoms with Gasteiger partial charge in [-0.05, 0) is 18.4 Å². The lowest BCUT2D eigenvalue weighted by atomic mass is 10.4. The van der Waals surface area contributed by atoms with Gasteiger partial charge in [-0.1, -0.05) is 41.9 Å². The van der Waals surface area contributed by atoms with Crippen molar-refractivity contribution in [3.8, 4) is 0 Å². The number of halogens is 1. The molecule has 70 valence electrons. The normalized spacial score (nSPS) is 11.8. The van der Waals surface area contributed by atoms with E-state index in [1.807, 2.05) is 32.1 Å². The summed E-state index contributed by atoms with van der Waals surface area (Å²) in [6.07, 6.45) is 8.78. The molecule has 0 aliphatic heterocycles. The van der Waals surface area contributed by atoms with E-state index in [2.05, 4.69) is 15.9 Å². The second kappa shape index (κ2) is 13.1. The fraction of sp³-hybridized carbons (Fsp3) is 0.333. The Hall–Kier alpha value is -0.540. The molecule has 4 N–H and O–H groups in total. The Labute approximate surface area is 83.1 Å². The lowest BCUT2D eigenvalue weighted by Crippen LogP contribution is -1.91. The largest absolute Gasteiger partial charge is 0.405 e. The van der Waals surface area contributed by atoms with Crippen molar-refractivity contribution in [2.24, 2.45) is 11.5 Å². The molecule has 0 rings (SSSR count). The average molecular weight is 233 g/mol. The minimum Gasteiger partial charge on any atom is -0.405 e. The monoisotopic (exact) mass is 232 g/mol. The molecule has 0 amide bonds. The van der Waals surface area contributed by atoms with Crippen LogP contribution in [0, 0.1) is 0 Å². The third-order valence-electron chi connectivity index (χ3n) is 0.780. The molecule has 0 aliphatic carbocycles.